The van der Waals surface area contributed by atoms with Crippen LogP contribution in [-0.2, 0) is 4.79 Å². The quantitative estimate of drug-likeness (QED) is 0.798. The van der Waals surface area contributed by atoms with E-state index in [1.165, 1.54) is 0 Å². The molecule has 1 amide bonds. The average Bonchev–Trinajstić information content (AvgIpc) is 2.27. The molecule has 0 aromatic carbocycles. The van der Waals surface area contributed by atoms with Crippen molar-refractivity contribution in [3.05, 3.63) is 0 Å². The molecule has 0 aromatic rings. The summed E-state index contributed by atoms with van der Waals surface area (Å²) in [6, 6.07) is 0. The zero-order chi connectivity index (χ0) is 14.0. The lowest BCUT2D eigenvalue weighted by Gasteiger charge is -2.38. The zero-order valence-electron chi connectivity index (χ0n) is 10.3. The summed E-state index contributed by atoms with van der Waals surface area (Å²) in [5.41, 5.74) is 2.28. The fraction of sp³-hybridized carbons (Fsp3) is 0.909. The van der Waals surface area contributed by atoms with Crippen molar-refractivity contribution in [3.8, 4) is 0 Å². The van der Waals surface area contributed by atoms with Gasteiger partial charge < -0.3 is 15.7 Å². The third-order valence-corrected chi connectivity index (χ3v) is 3.38. The molecule has 0 spiro atoms. The standard InChI is InChI=1S/C11H19F3N2O2/c1-10(15,11(12,13)14)9(18)16-5-2-3-8(7-16)4-6-17/h8,17H,2-7,15H2,1H3. The van der Waals surface area contributed by atoms with Crippen molar-refractivity contribution in [2.45, 2.75) is 37.9 Å². The Balaban J connectivity index is 2.72. The molecule has 7 heteroatoms. The molecule has 0 aromatic heterocycles. The van der Waals surface area contributed by atoms with Gasteiger partial charge in [-0.3, -0.25) is 4.79 Å². The fourth-order valence-corrected chi connectivity index (χ4v) is 2.12. The van der Waals surface area contributed by atoms with E-state index in [0.717, 1.165) is 11.3 Å². The smallest absolute Gasteiger partial charge is 0.396 e. The normalized spacial score (nSPS) is 24.8. The summed E-state index contributed by atoms with van der Waals surface area (Å²) < 4.78 is 38.0. The van der Waals surface area contributed by atoms with Crippen LogP contribution in [0, 0.1) is 5.92 Å². The van der Waals surface area contributed by atoms with Gasteiger partial charge in [-0.2, -0.15) is 13.2 Å². The second-order valence-electron chi connectivity index (χ2n) is 4.97. The van der Waals surface area contributed by atoms with Gasteiger partial charge >= 0.3 is 6.18 Å². The Bertz CT molecular complexity index is 303. The van der Waals surface area contributed by atoms with Crippen LogP contribution in [0.2, 0.25) is 0 Å². The van der Waals surface area contributed by atoms with E-state index in [-0.39, 0.29) is 19.1 Å². The van der Waals surface area contributed by atoms with Gasteiger partial charge in [0.05, 0.1) is 0 Å². The molecule has 1 aliphatic rings. The highest BCUT2D eigenvalue weighted by Crippen LogP contribution is 2.31. The largest absolute Gasteiger partial charge is 0.415 e. The first kappa shape index (κ1) is 15.2. The zero-order valence-corrected chi connectivity index (χ0v) is 10.3. The van der Waals surface area contributed by atoms with Gasteiger partial charge in [-0.1, -0.05) is 0 Å². The van der Waals surface area contributed by atoms with Crippen molar-refractivity contribution in [3.63, 3.8) is 0 Å². The molecule has 1 fully saturated rings. The van der Waals surface area contributed by atoms with Gasteiger partial charge in [0.15, 0.2) is 5.54 Å². The number of hydrogen-bond acceptors (Lipinski definition) is 3. The first-order chi connectivity index (χ1) is 8.20. The van der Waals surface area contributed by atoms with Gasteiger partial charge in [0.1, 0.15) is 0 Å². The molecule has 0 bridgehead atoms. The van der Waals surface area contributed by atoms with Crippen LogP contribution in [0.1, 0.15) is 26.2 Å². The highest BCUT2D eigenvalue weighted by atomic mass is 19.4. The Morgan fingerprint density at radius 1 is 1.50 bits per heavy atom. The van der Waals surface area contributed by atoms with Crippen LogP contribution in [0.4, 0.5) is 13.2 Å². The molecular weight excluding hydrogens is 249 g/mol. The van der Waals surface area contributed by atoms with E-state index in [9.17, 15) is 18.0 Å². The third-order valence-electron chi connectivity index (χ3n) is 3.38. The maximum Gasteiger partial charge on any atom is 0.415 e. The Morgan fingerprint density at radius 3 is 2.61 bits per heavy atom. The van der Waals surface area contributed by atoms with Crippen molar-refractivity contribution in [1.82, 2.24) is 4.90 Å². The Hall–Kier alpha value is -0.820. The minimum atomic E-state index is -4.76. The van der Waals surface area contributed by atoms with E-state index in [1.54, 1.807) is 0 Å². The van der Waals surface area contributed by atoms with Gasteiger partial charge in [0.2, 0.25) is 0 Å². The van der Waals surface area contributed by atoms with E-state index in [4.69, 9.17) is 10.8 Å². The maximum atomic E-state index is 12.7. The number of nitrogens with two attached hydrogens (primary N) is 1. The second-order valence-corrected chi connectivity index (χ2v) is 4.97. The van der Waals surface area contributed by atoms with Gasteiger partial charge in [-0.25, -0.2) is 0 Å². The number of alkyl halides is 3. The number of aliphatic hydroxyl groups excluding tert-OH is 1. The summed E-state index contributed by atoms with van der Waals surface area (Å²) in [6.45, 7) is 1.21. The molecule has 1 rings (SSSR count). The number of piperidine rings is 1. The molecule has 0 radical (unpaired) electrons. The van der Waals surface area contributed by atoms with E-state index in [2.05, 4.69) is 0 Å². The number of halogens is 3. The minimum absolute atomic E-state index is 0.0220. The summed E-state index contributed by atoms with van der Waals surface area (Å²) in [5, 5.41) is 8.82. The van der Waals surface area contributed by atoms with Crippen LogP contribution >= 0.6 is 0 Å². The maximum absolute atomic E-state index is 12.7. The molecule has 1 aliphatic heterocycles. The van der Waals surface area contributed by atoms with Crippen LogP contribution in [-0.4, -0.2) is 47.3 Å². The third kappa shape index (κ3) is 3.14. The van der Waals surface area contributed by atoms with Gasteiger partial charge in [-0.05, 0) is 32.1 Å². The fourth-order valence-electron chi connectivity index (χ4n) is 2.12. The topological polar surface area (TPSA) is 66.6 Å². The Kier molecular flexibility index (Phi) is 4.61. The molecule has 0 aliphatic carbocycles. The average molecular weight is 268 g/mol. The number of carbonyl (C=O) groups excluding carboxylic acids is 1. The van der Waals surface area contributed by atoms with Crippen molar-refractivity contribution in [2.24, 2.45) is 11.7 Å². The first-order valence-corrected chi connectivity index (χ1v) is 5.96. The molecule has 1 saturated heterocycles. The predicted molar refractivity (Wildman–Crippen MR) is 59.7 cm³/mol. The predicted octanol–water partition coefficient (Wildman–Crippen LogP) is 0.887. The van der Waals surface area contributed by atoms with Crippen LogP contribution in [0.15, 0.2) is 0 Å². The molecule has 0 saturated carbocycles. The van der Waals surface area contributed by atoms with Crippen molar-refractivity contribution in [2.75, 3.05) is 19.7 Å². The SMILES string of the molecule is CC(N)(C(=O)N1CCCC(CCO)C1)C(F)(F)F. The number of hydrogen-bond donors (Lipinski definition) is 2. The lowest BCUT2D eigenvalue weighted by atomic mass is 9.92. The van der Waals surface area contributed by atoms with Crippen LogP contribution in [0.3, 0.4) is 0 Å². The summed E-state index contributed by atoms with van der Waals surface area (Å²) in [7, 11) is 0. The number of carbonyl (C=O) groups is 1. The van der Waals surface area contributed by atoms with Crippen LogP contribution < -0.4 is 5.73 Å². The lowest BCUT2D eigenvalue weighted by molar-refractivity contribution is -0.194. The highest BCUT2D eigenvalue weighted by Gasteiger charge is 2.55. The van der Waals surface area contributed by atoms with Crippen molar-refractivity contribution >= 4 is 5.91 Å². The highest BCUT2D eigenvalue weighted by molar-refractivity contribution is 5.86. The molecule has 2 atom stereocenters. The lowest BCUT2D eigenvalue weighted by Crippen LogP contribution is -2.63. The molecule has 1 heterocycles. The molecule has 2 unspecified atom stereocenters. The van der Waals surface area contributed by atoms with E-state index in [1.807, 2.05) is 0 Å². The first-order valence-electron chi connectivity index (χ1n) is 5.96. The minimum Gasteiger partial charge on any atom is -0.396 e. The van der Waals surface area contributed by atoms with Crippen molar-refractivity contribution < 1.29 is 23.1 Å². The van der Waals surface area contributed by atoms with Crippen molar-refractivity contribution in [1.29, 1.82) is 0 Å². The summed E-state index contributed by atoms with van der Waals surface area (Å²) in [4.78, 5) is 13.0. The van der Waals surface area contributed by atoms with E-state index >= 15 is 0 Å². The Morgan fingerprint density at radius 2 is 2.11 bits per heavy atom. The number of likely N-dealkylation sites (tertiary alicyclic amines) is 1. The summed E-state index contributed by atoms with van der Waals surface area (Å²) >= 11 is 0. The van der Waals surface area contributed by atoms with Crippen LogP contribution in [0.5, 0.6) is 0 Å². The monoisotopic (exact) mass is 268 g/mol. The van der Waals surface area contributed by atoms with Gasteiger partial charge in [-0.15, -0.1) is 0 Å². The molecular formula is C11H19F3N2O2. The summed E-state index contributed by atoms with van der Waals surface area (Å²) in [5.74, 6) is -1.03. The molecule has 106 valence electrons. The van der Waals surface area contributed by atoms with Crippen LogP contribution in [0.25, 0.3) is 0 Å². The second kappa shape index (κ2) is 5.44. The van der Waals surface area contributed by atoms with Gasteiger partial charge in [0, 0.05) is 19.7 Å². The van der Waals surface area contributed by atoms with E-state index < -0.39 is 17.6 Å². The number of aliphatic hydroxyl groups is 1. The number of rotatable bonds is 3. The Labute approximate surface area is 104 Å². The molecule has 4 nitrogen and oxygen atoms in total. The van der Waals surface area contributed by atoms with E-state index in [0.29, 0.717) is 26.3 Å². The molecule has 3 N–H and O–H groups in total. The molecule has 18 heavy (non-hydrogen) atoms. The summed E-state index contributed by atoms with van der Waals surface area (Å²) in [6.07, 6.45) is -2.80. The number of nitrogens with zero attached hydrogens (tertiary/aromatic N) is 1. The number of amides is 1. The van der Waals surface area contributed by atoms with Gasteiger partial charge in [0.25, 0.3) is 5.91 Å².